The number of H-pyrrole nitrogens is 1. The lowest BCUT2D eigenvalue weighted by Gasteiger charge is -2.13. The Morgan fingerprint density at radius 2 is 2.09 bits per heavy atom. The van der Waals surface area contributed by atoms with Crippen molar-refractivity contribution in [3.05, 3.63) is 42.2 Å². The van der Waals surface area contributed by atoms with Gasteiger partial charge in [-0.2, -0.15) is 4.98 Å². The number of nitrogens with one attached hydrogen (secondary N) is 1. The Hall–Kier alpha value is -2.25. The lowest BCUT2D eigenvalue weighted by Crippen LogP contribution is -2.10. The second kappa shape index (κ2) is 6.89. The summed E-state index contributed by atoms with van der Waals surface area (Å²) in [4.78, 5) is 11.7. The number of ether oxygens (including phenoxy) is 2. The summed E-state index contributed by atoms with van der Waals surface area (Å²) in [5, 5.41) is 0.428. The molecule has 3 aromatic rings. The summed E-state index contributed by atoms with van der Waals surface area (Å²) in [6, 6.07) is 9.31. The average Bonchev–Trinajstić information content (AvgIpc) is 2.99. The molecule has 1 atom stereocenters. The third-order valence-corrected chi connectivity index (χ3v) is 4.46. The average molecular weight is 331 g/mol. The molecule has 2 heterocycles. The molecule has 1 unspecified atom stereocenters. The van der Waals surface area contributed by atoms with Crippen LogP contribution in [-0.2, 0) is 16.9 Å². The minimum Gasteiger partial charge on any atom is -0.609 e. The summed E-state index contributed by atoms with van der Waals surface area (Å²) >= 11 is -1.36. The van der Waals surface area contributed by atoms with E-state index in [1.807, 2.05) is 31.2 Å². The van der Waals surface area contributed by atoms with Crippen molar-refractivity contribution in [3.63, 3.8) is 0 Å². The van der Waals surface area contributed by atoms with Crippen LogP contribution < -0.4 is 9.47 Å². The number of aromatic amines is 1. The minimum absolute atomic E-state index is 0.198. The quantitative estimate of drug-likeness (QED) is 0.702. The van der Waals surface area contributed by atoms with Gasteiger partial charge in [0.15, 0.2) is 17.3 Å². The summed E-state index contributed by atoms with van der Waals surface area (Å²) < 4.78 is 23.5. The number of rotatable bonds is 6. The second-order valence-corrected chi connectivity index (χ2v) is 6.14. The molecular weight excluding hydrogens is 314 g/mol. The molecule has 3 rings (SSSR count). The smallest absolute Gasteiger partial charge is 0.322 e. The molecule has 7 heteroatoms. The fourth-order valence-corrected chi connectivity index (χ4v) is 3.31. The highest BCUT2D eigenvalue weighted by atomic mass is 32.2. The molecule has 0 amide bonds. The summed E-state index contributed by atoms with van der Waals surface area (Å²) in [6.45, 7) is 2.42. The molecule has 6 nitrogen and oxygen atoms in total. The monoisotopic (exact) mass is 331 g/mol. The largest absolute Gasteiger partial charge is 0.609 e. The Balaban J connectivity index is 1.87. The van der Waals surface area contributed by atoms with Crippen LogP contribution in [0.1, 0.15) is 12.6 Å². The van der Waals surface area contributed by atoms with Gasteiger partial charge in [0, 0.05) is 23.4 Å². The number of hydrogen-bond donors (Lipinski definition) is 1. The van der Waals surface area contributed by atoms with Gasteiger partial charge in [-0.3, -0.25) is 9.97 Å². The number of pyridine rings is 1. The van der Waals surface area contributed by atoms with E-state index in [2.05, 4.69) is 15.0 Å². The van der Waals surface area contributed by atoms with Crippen LogP contribution in [0.5, 0.6) is 11.5 Å². The van der Waals surface area contributed by atoms with Crippen LogP contribution in [0.25, 0.3) is 11.0 Å². The van der Waals surface area contributed by atoms with Crippen LogP contribution in [0.3, 0.4) is 0 Å². The lowest BCUT2D eigenvalue weighted by atomic mass is 10.3. The maximum Gasteiger partial charge on any atom is 0.322 e. The zero-order chi connectivity index (χ0) is 16.2. The number of hydrogen-bond acceptors (Lipinski definition) is 5. The van der Waals surface area contributed by atoms with Crippen molar-refractivity contribution in [3.8, 4) is 11.5 Å². The Morgan fingerprint density at radius 1 is 1.26 bits per heavy atom. The standard InChI is InChI=1S/C16H17N3O3S/c1-3-22-14-8-9-17-13(15(14)21-2)10-23(20)16-18-11-6-4-5-7-12(11)19-16/h4-9H,3,10H2,1-2H3,(H,18,19). The van der Waals surface area contributed by atoms with Gasteiger partial charge in [0.1, 0.15) is 5.69 Å². The number of para-hydroxylation sites is 2. The molecule has 1 N–H and O–H groups in total. The Labute approximate surface area is 137 Å². The van der Waals surface area contributed by atoms with E-state index in [1.54, 1.807) is 19.4 Å². The van der Waals surface area contributed by atoms with Gasteiger partial charge in [-0.15, -0.1) is 0 Å². The Bertz CT molecular complexity index is 773. The van der Waals surface area contributed by atoms with Gasteiger partial charge in [0.05, 0.1) is 24.8 Å². The first kappa shape index (κ1) is 15.6. The van der Waals surface area contributed by atoms with Gasteiger partial charge >= 0.3 is 5.16 Å². The van der Waals surface area contributed by atoms with Gasteiger partial charge in [-0.1, -0.05) is 12.1 Å². The number of fused-ring (bicyclic) bond motifs is 1. The van der Waals surface area contributed by atoms with Crippen LogP contribution in [0, 0.1) is 0 Å². The summed E-state index contributed by atoms with van der Waals surface area (Å²) in [6.07, 6.45) is 1.62. The molecule has 0 aliphatic rings. The van der Waals surface area contributed by atoms with E-state index in [1.165, 1.54) is 0 Å². The maximum absolute atomic E-state index is 12.6. The number of imidazole rings is 1. The SMILES string of the molecule is CCOc1ccnc(C[S+]([O-])c2nc3ccccc3[nH]2)c1OC. The molecule has 2 aromatic heterocycles. The summed E-state index contributed by atoms with van der Waals surface area (Å²) in [5.41, 5.74) is 2.23. The van der Waals surface area contributed by atoms with E-state index in [-0.39, 0.29) is 5.75 Å². The van der Waals surface area contributed by atoms with E-state index in [4.69, 9.17) is 9.47 Å². The number of benzene rings is 1. The van der Waals surface area contributed by atoms with E-state index < -0.39 is 11.2 Å². The van der Waals surface area contributed by atoms with Gasteiger partial charge in [-0.25, -0.2) is 0 Å². The minimum atomic E-state index is -1.36. The molecule has 0 radical (unpaired) electrons. The van der Waals surface area contributed by atoms with Crippen LogP contribution >= 0.6 is 0 Å². The normalized spacial score (nSPS) is 12.3. The molecule has 0 fully saturated rings. The summed E-state index contributed by atoms with van der Waals surface area (Å²) in [5.74, 6) is 1.31. The predicted molar refractivity (Wildman–Crippen MR) is 88.2 cm³/mol. The maximum atomic E-state index is 12.6. The van der Waals surface area contributed by atoms with Crippen LogP contribution in [0.2, 0.25) is 0 Å². The van der Waals surface area contributed by atoms with Crippen LogP contribution in [0.4, 0.5) is 0 Å². The third kappa shape index (κ3) is 3.25. The highest BCUT2D eigenvalue weighted by molar-refractivity contribution is 7.90. The van der Waals surface area contributed by atoms with Gasteiger partial charge in [-0.05, 0) is 19.1 Å². The van der Waals surface area contributed by atoms with Gasteiger partial charge < -0.3 is 14.0 Å². The molecule has 0 aliphatic carbocycles. The van der Waals surface area contributed by atoms with Crippen molar-refractivity contribution in [2.45, 2.75) is 17.8 Å². The molecule has 1 aromatic carbocycles. The number of aromatic nitrogens is 3. The topological polar surface area (TPSA) is 83.1 Å². The van der Waals surface area contributed by atoms with Crippen molar-refractivity contribution in [2.24, 2.45) is 0 Å². The molecule has 120 valence electrons. The molecule has 0 spiro atoms. The number of methoxy groups -OCH3 is 1. The van der Waals surface area contributed by atoms with Crippen molar-refractivity contribution in [1.82, 2.24) is 15.0 Å². The fourth-order valence-electron chi connectivity index (χ4n) is 2.29. The van der Waals surface area contributed by atoms with Crippen molar-refractivity contribution < 1.29 is 14.0 Å². The van der Waals surface area contributed by atoms with E-state index in [0.29, 0.717) is 29.0 Å². The number of nitrogens with zero attached hydrogens (tertiary/aromatic N) is 2. The van der Waals surface area contributed by atoms with Crippen molar-refractivity contribution in [2.75, 3.05) is 13.7 Å². The molecule has 0 saturated carbocycles. The lowest BCUT2D eigenvalue weighted by molar-refractivity contribution is 0.308. The van der Waals surface area contributed by atoms with Crippen molar-refractivity contribution in [1.29, 1.82) is 0 Å². The fraction of sp³-hybridized carbons (Fsp3) is 0.250. The molecule has 23 heavy (non-hydrogen) atoms. The molecule has 0 bridgehead atoms. The third-order valence-electron chi connectivity index (χ3n) is 3.30. The zero-order valence-electron chi connectivity index (χ0n) is 12.9. The highest BCUT2D eigenvalue weighted by Crippen LogP contribution is 2.31. The Kier molecular flexibility index (Phi) is 4.68. The first-order valence-electron chi connectivity index (χ1n) is 7.20. The van der Waals surface area contributed by atoms with Crippen LogP contribution in [0.15, 0.2) is 41.7 Å². The molecule has 0 saturated heterocycles. The predicted octanol–water partition coefficient (Wildman–Crippen LogP) is 2.67. The Morgan fingerprint density at radius 3 is 2.83 bits per heavy atom. The molecular formula is C16H17N3O3S. The summed E-state index contributed by atoms with van der Waals surface area (Å²) in [7, 11) is 1.55. The first-order chi connectivity index (χ1) is 11.2. The first-order valence-corrected chi connectivity index (χ1v) is 8.52. The van der Waals surface area contributed by atoms with E-state index in [9.17, 15) is 4.55 Å². The molecule has 0 aliphatic heterocycles. The van der Waals surface area contributed by atoms with Crippen LogP contribution in [-0.4, -0.2) is 33.2 Å². The van der Waals surface area contributed by atoms with Gasteiger partial charge in [0.25, 0.3) is 0 Å². The van der Waals surface area contributed by atoms with E-state index in [0.717, 1.165) is 11.0 Å². The second-order valence-electron chi connectivity index (χ2n) is 4.77. The highest BCUT2D eigenvalue weighted by Gasteiger charge is 2.22. The zero-order valence-corrected chi connectivity index (χ0v) is 13.7. The van der Waals surface area contributed by atoms with Crippen molar-refractivity contribution >= 4 is 22.2 Å². The van der Waals surface area contributed by atoms with Gasteiger partial charge in [0.2, 0.25) is 0 Å². The van der Waals surface area contributed by atoms with E-state index >= 15 is 0 Å².